The minimum absolute atomic E-state index is 0.839. The van der Waals surface area contributed by atoms with Gasteiger partial charge in [0.15, 0.2) is 0 Å². The predicted molar refractivity (Wildman–Crippen MR) is 122 cm³/mol. The van der Waals surface area contributed by atoms with Crippen molar-refractivity contribution in [1.29, 1.82) is 0 Å². The summed E-state index contributed by atoms with van der Waals surface area (Å²) in [4.78, 5) is 0. The molecule has 3 aliphatic rings. The number of rotatable bonds is 5. The van der Waals surface area contributed by atoms with Gasteiger partial charge in [0.2, 0.25) is 0 Å². The van der Waals surface area contributed by atoms with Crippen molar-refractivity contribution in [2.24, 2.45) is 29.6 Å². The van der Waals surface area contributed by atoms with E-state index in [1.165, 1.54) is 44.1 Å². The average molecular weight is 381 g/mol. The van der Waals surface area contributed by atoms with Crippen LogP contribution in [0.5, 0.6) is 0 Å². The molecule has 0 nitrogen and oxygen atoms in total. The maximum absolute atomic E-state index is 2.39. The fraction of sp³-hybridized carbons (Fsp3) is 0.786. The van der Waals surface area contributed by atoms with E-state index >= 15 is 0 Å². The Kier molecular flexibility index (Phi) is 7.18. The van der Waals surface area contributed by atoms with E-state index in [0.717, 1.165) is 35.5 Å². The molecule has 3 saturated carbocycles. The Hall–Kier alpha value is -0.780. The third kappa shape index (κ3) is 5.03. The van der Waals surface area contributed by atoms with E-state index < -0.39 is 0 Å². The summed E-state index contributed by atoms with van der Waals surface area (Å²) in [6.07, 6.45) is 21.2. The molecule has 0 heterocycles. The SMILES string of the molecule is CCCC1CCC(C2CCC(C3CCC(c4ccc(C)cc4)CC3)CC2)CC1. The lowest BCUT2D eigenvalue weighted by molar-refractivity contribution is 0.109. The third-order valence-electron chi connectivity index (χ3n) is 9.06. The van der Waals surface area contributed by atoms with Gasteiger partial charge in [0, 0.05) is 0 Å². The first-order valence-electron chi connectivity index (χ1n) is 12.8. The van der Waals surface area contributed by atoms with Crippen molar-refractivity contribution in [2.45, 2.75) is 110 Å². The zero-order valence-electron chi connectivity index (χ0n) is 18.7. The van der Waals surface area contributed by atoms with Crippen molar-refractivity contribution >= 4 is 0 Å². The summed E-state index contributed by atoms with van der Waals surface area (Å²) >= 11 is 0. The maximum Gasteiger partial charge on any atom is -0.0162 e. The minimum atomic E-state index is 0.839. The molecule has 0 aliphatic heterocycles. The number of hydrogen-bond acceptors (Lipinski definition) is 0. The lowest BCUT2D eigenvalue weighted by Gasteiger charge is -2.41. The fourth-order valence-electron chi connectivity index (χ4n) is 7.21. The average Bonchev–Trinajstić information content (AvgIpc) is 2.75. The first kappa shape index (κ1) is 20.5. The van der Waals surface area contributed by atoms with E-state index in [2.05, 4.69) is 38.1 Å². The Balaban J connectivity index is 1.19. The molecule has 1 aromatic rings. The Labute approximate surface area is 174 Å². The predicted octanol–water partition coefficient (Wildman–Crippen LogP) is 8.68. The highest BCUT2D eigenvalue weighted by molar-refractivity contribution is 5.24. The first-order chi connectivity index (χ1) is 13.7. The van der Waals surface area contributed by atoms with Crippen LogP contribution in [0.3, 0.4) is 0 Å². The highest BCUT2D eigenvalue weighted by Gasteiger charge is 2.34. The van der Waals surface area contributed by atoms with Crippen LogP contribution in [0, 0.1) is 36.5 Å². The topological polar surface area (TPSA) is 0 Å². The van der Waals surface area contributed by atoms with Gasteiger partial charge in [-0.1, -0.05) is 62.4 Å². The van der Waals surface area contributed by atoms with Crippen LogP contribution in [-0.4, -0.2) is 0 Å². The Bertz CT molecular complexity index is 561. The summed E-state index contributed by atoms with van der Waals surface area (Å²) in [5.41, 5.74) is 3.00. The molecule has 0 saturated heterocycles. The summed E-state index contributed by atoms with van der Waals surface area (Å²) in [7, 11) is 0. The number of aryl methyl sites for hydroxylation is 1. The summed E-state index contributed by atoms with van der Waals surface area (Å²) in [6, 6.07) is 9.39. The molecule has 4 rings (SSSR count). The highest BCUT2D eigenvalue weighted by atomic mass is 14.4. The van der Waals surface area contributed by atoms with E-state index in [-0.39, 0.29) is 0 Å². The van der Waals surface area contributed by atoms with Crippen LogP contribution in [0.4, 0.5) is 0 Å². The molecular weight excluding hydrogens is 336 g/mol. The molecule has 28 heavy (non-hydrogen) atoms. The van der Waals surface area contributed by atoms with Crippen molar-refractivity contribution in [3.63, 3.8) is 0 Å². The van der Waals surface area contributed by atoms with Crippen LogP contribution in [0.2, 0.25) is 0 Å². The van der Waals surface area contributed by atoms with Crippen molar-refractivity contribution < 1.29 is 0 Å². The highest BCUT2D eigenvalue weighted by Crippen LogP contribution is 2.47. The summed E-state index contributed by atoms with van der Waals surface area (Å²) in [5, 5.41) is 0. The zero-order chi connectivity index (χ0) is 19.3. The van der Waals surface area contributed by atoms with Gasteiger partial charge in [0.05, 0.1) is 0 Å². The third-order valence-corrected chi connectivity index (χ3v) is 9.06. The van der Waals surface area contributed by atoms with Gasteiger partial charge in [-0.2, -0.15) is 0 Å². The van der Waals surface area contributed by atoms with Gasteiger partial charge in [0.1, 0.15) is 0 Å². The van der Waals surface area contributed by atoms with E-state index in [9.17, 15) is 0 Å². The standard InChI is InChI=1S/C28H44/c1-3-4-22-7-11-24(12-8-22)26-15-19-28(20-16-26)27-17-13-25(14-18-27)23-9-5-21(2)6-10-23/h5-6,9-10,22,24-28H,3-4,7-8,11-20H2,1-2H3. The lowest BCUT2D eigenvalue weighted by atomic mass is 9.64. The number of hydrogen-bond donors (Lipinski definition) is 0. The van der Waals surface area contributed by atoms with Crippen LogP contribution >= 0.6 is 0 Å². The first-order valence-corrected chi connectivity index (χ1v) is 12.8. The Morgan fingerprint density at radius 2 is 1.04 bits per heavy atom. The molecule has 0 unspecified atom stereocenters. The van der Waals surface area contributed by atoms with Gasteiger partial charge >= 0.3 is 0 Å². The smallest absolute Gasteiger partial charge is 0.0162 e. The van der Waals surface area contributed by atoms with E-state index in [4.69, 9.17) is 0 Å². The van der Waals surface area contributed by atoms with Gasteiger partial charge < -0.3 is 0 Å². The lowest BCUT2D eigenvalue weighted by Crippen LogP contribution is -2.29. The normalized spacial score (nSPS) is 36.9. The molecule has 0 aromatic heterocycles. The van der Waals surface area contributed by atoms with E-state index in [1.807, 2.05) is 0 Å². The minimum Gasteiger partial charge on any atom is -0.0654 e. The van der Waals surface area contributed by atoms with Gasteiger partial charge in [-0.15, -0.1) is 0 Å². The molecule has 156 valence electrons. The van der Waals surface area contributed by atoms with Crippen molar-refractivity contribution in [2.75, 3.05) is 0 Å². The molecule has 0 atom stereocenters. The van der Waals surface area contributed by atoms with Crippen LogP contribution in [0.25, 0.3) is 0 Å². The van der Waals surface area contributed by atoms with Crippen molar-refractivity contribution in [3.05, 3.63) is 35.4 Å². The molecule has 3 fully saturated rings. The van der Waals surface area contributed by atoms with Gasteiger partial charge in [-0.25, -0.2) is 0 Å². The Morgan fingerprint density at radius 3 is 1.50 bits per heavy atom. The van der Waals surface area contributed by atoms with Crippen LogP contribution in [-0.2, 0) is 0 Å². The molecule has 0 radical (unpaired) electrons. The Morgan fingerprint density at radius 1 is 0.607 bits per heavy atom. The van der Waals surface area contributed by atoms with Crippen LogP contribution in [0.1, 0.15) is 114 Å². The van der Waals surface area contributed by atoms with Crippen LogP contribution < -0.4 is 0 Å². The quantitative estimate of drug-likeness (QED) is 0.479. The maximum atomic E-state index is 2.39. The van der Waals surface area contributed by atoms with Crippen molar-refractivity contribution in [1.82, 2.24) is 0 Å². The van der Waals surface area contributed by atoms with Crippen LogP contribution in [0.15, 0.2) is 24.3 Å². The second-order valence-electron chi connectivity index (χ2n) is 10.8. The molecule has 3 aliphatic carbocycles. The zero-order valence-corrected chi connectivity index (χ0v) is 18.7. The molecule has 0 bridgehead atoms. The molecule has 0 spiro atoms. The monoisotopic (exact) mass is 380 g/mol. The second-order valence-corrected chi connectivity index (χ2v) is 10.8. The molecule has 0 N–H and O–H groups in total. The molecule has 0 heteroatoms. The number of benzene rings is 1. The van der Waals surface area contributed by atoms with Gasteiger partial charge in [-0.05, 0) is 112 Å². The summed E-state index contributed by atoms with van der Waals surface area (Å²) in [5.74, 6) is 6.19. The molecule has 1 aromatic carbocycles. The molecule has 0 amide bonds. The van der Waals surface area contributed by atoms with E-state index in [0.29, 0.717) is 0 Å². The largest absolute Gasteiger partial charge is 0.0654 e. The van der Waals surface area contributed by atoms with E-state index in [1.54, 1.807) is 56.9 Å². The van der Waals surface area contributed by atoms with Gasteiger partial charge in [-0.3, -0.25) is 0 Å². The fourth-order valence-corrected chi connectivity index (χ4v) is 7.21. The van der Waals surface area contributed by atoms with Crippen molar-refractivity contribution in [3.8, 4) is 0 Å². The second kappa shape index (κ2) is 9.82. The molecular formula is C28H44. The summed E-state index contributed by atoms with van der Waals surface area (Å²) < 4.78 is 0. The van der Waals surface area contributed by atoms with Gasteiger partial charge in [0.25, 0.3) is 0 Å². The summed E-state index contributed by atoms with van der Waals surface area (Å²) in [6.45, 7) is 4.56.